The number of nitrogens with zero attached hydrogens (tertiary/aromatic N) is 1. The van der Waals surface area contributed by atoms with Gasteiger partial charge in [-0.05, 0) is 48.9 Å². The minimum Gasteiger partial charge on any atom is -0.399 e. The van der Waals surface area contributed by atoms with E-state index < -0.39 is 0 Å². The van der Waals surface area contributed by atoms with Gasteiger partial charge in [-0.25, -0.2) is 0 Å². The summed E-state index contributed by atoms with van der Waals surface area (Å²) >= 11 is 3.42. The zero-order chi connectivity index (χ0) is 13.1. The van der Waals surface area contributed by atoms with Crippen molar-refractivity contribution in [2.75, 3.05) is 11.1 Å². The maximum Gasteiger partial charge on any atom is 0.101 e. The van der Waals surface area contributed by atoms with E-state index in [1.165, 1.54) is 0 Å². The highest BCUT2D eigenvalue weighted by Gasteiger charge is 2.05. The van der Waals surface area contributed by atoms with Crippen LogP contribution in [0, 0.1) is 18.3 Å². The molecule has 4 heteroatoms. The van der Waals surface area contributed by atoms with Gasteiger partial charge in [-0.2, -0.15) is 5.26 Å². The quantitative estimate of drug-likeness (QED) is 0.826. The Morgan fingerprint density at radius 1 is 1.17 bits per heavy atom. The van der Waals surface area contributed by atoms with Crippen LogP contribution in [0.15, 0.2) is 40.9 Å². The minimum absolute atomic E-state index is 0.539. The van der Waals surface area contributed by atoms with E-state index in [4.69, 9.17) is 11.0 Å². The molecule has 0 unspecified atom stereocenters. The summed E-state index contributed by atoms with van der Waals surface area (Å²) in [6.45, 7) is 2.01. The van der Waals surface area contributed by atoms with Crippen LogP contribution in [0.2, 0.25) is 0 Å². The van der Waals surface area contributed by atoms with Gasteiger partial charge in [0.1, 0.15) is 6.07 Å². The van der Waals surface area contributed by atoms with E-state index in [9.17, 15) is 0 Å². The summed E-state index contributed by atoms with van der Waals surface area (Å²) in [6, 6.07) is 13.3. The number of anilines is 3. The summed E-state index contributed by atoms with van der Waals surface area (Å²) in [7, 11) is 0. The molecule has 0 aliphatic carbocycles. The van der Waals surface area contributed by atoms with Gasteiger partial charge in [0.15, 0.2) is 0 Å². The number of aryl methyl sites for hydroxylation is 1. The van der Waals surface area contributed by atoms with Crippen molar-refractivity contribution < 1.29 is 0 Å². The third-order valence-corrected chi connectivity index (χ3v) is 3.12. The Morgan fingerprint density at radius 3 is 2.56 bits per heavy atom. The molecular weight excluding hydrogens is 290 g/mol. The fraction of sp³-hybridized carbons (Fsp3) is 0.0714. The second kappa shape index (κ2) is 5.11. The number of hydrogen-bond acceptors (Lipinski definition) is 3. The molecule has 0 fully saturated rings. The zero-order valence-electron chi connectivity index (χ0n) is 9.87. The molecule has 0 heterocycles. The largest absolute Gasteiger partial charge is 0.399 e. The lowest BCUT2D eigenvalue weighted by Gasteiger charge is -2.11. The molecule has 0 aliphatic heterocycles. The van der Waals surface area contributed by atoms with Crippen molar-refractivity contribution in [1.29, 1.82) is 5.26 Å². The average Bonchev–Trinajstić information content (AvgIpc) is 2.34. The number of rotatable bonds is 2. The summed E-state index contributed by atoms with van der Waals surface area (Å²) in [4.78, 5) is 0. The zero-order valence-corrected chi connectivity index (χ0v) is 11.5. The van der Waals surface area contributed by atoms with E-state index in [2.05, 4.69) is 27.3 Å². The first-order valence-corrected chi connectivity index (χ1v) is 6.22. The molecule has 2 aromatic carbocycles. The SMILES string of the molecule is Cc1cc(Br)ccc1Nc1ccc(N)cc1C#N. The Bertz CT molecular complexity index is 629. The van der Waals surface area contributed by atoms with Crippen molar-refractivity contribution >= 4 is 33.0 Å². The number of benzene rings is 2. The van der Waals surface area contributed by atoms with Crippen LogP contribution in [0.1, 0.15) is 11.1 Å². The third-order valence-electron chi connectivity index (χ3n) is 2.62. The fourth-order valence-electron chi connectivity index (χ4n) is 1.68. The van der Waals surface area contributed by atoms with Crippen molar-refractivity contribution in [2.45, 2.75) is 6.92 Å². The lowest BCUT2D eigenvalue weighted by atomic mass is 10.1. The fourth-order valence-corrected chi connectivity index (χ4v) is 2.15. The normalized spacial score (nSPS) is 9.83. The van der Waals surface area contributed by atoms with Gasteiger partial charge in [0.05, 0.1) is 11.3 Å². The molecule has 2 aromatic rings. The van der Waals surface area contributed by atoms with Gasteiger partial charge in [0, 0.05) is 15.8 Å². The first-order chi connectivity index (χ1) is 8.60. The molecule has 0 saturated heterocycles. The number of nitrogen functional groups attached to an aromatic ring is 1. The van der Waals surface area contributed by atoms with Crippen LogP contribution in [-0.2, 0) is 0 Å². The summed E-state index contributed by atoms with van der Waals surface area (Å²) in [5.41, 5.74) is 9.62. The second-order valence-corrected chi connectivity index (χ2v) is 4.92. The first kappa shape index (κ1) is 12.5. The Kier molecular flexibility index (Phi) is 3.54. The monoisotopic (exact) mass is 301 g/mol. The van der Waals surface area contributed by atoms with Gasteiger partial charge in [-0.3, -0.25) is 0 Å². The molecule has 0 atom stereocenters. The van der Waals surface area contributed by atoms with E-state index in [0.29, 0.717) is 11.3 Å². The Hall–Kier alpha value is -1.99. The standard InChI is InChI=1S/C14H12BrN3/c1-9-6-11(15)2-4-13(9)18-14-5-3-12(17)7-10(14)8-16/h2-7,18H,17H2,1H3. The van der Waals surface area contributed by atoms with Gasteiger partial charge in [0.25, 0.3) is 0 Å². The van der Waals surface area contributed by atoms with Crippen LogP contribution in [0.25, 0.3) is 0 Å². The van der Waals surface area contributed by atoms with Crippen molar-refractivity contribution in [3.8, 4) is 6.07 Å². The van der Waals surface area contributed by atoms with Crippen molar-refractivity contribution in [1.82, 2.24) is 0 Å². The molecule has 0 spiro atoms. The van der Waals surface area contributed by atoms with Crippen molar-refractivity contribution in [2.24, 2.45) is 0 Å². The molecule has 3 nitrogen and oxygen atoms in total. The van der Waals surface area contributed by atoms with Gasteiger partial charge in [-0.15, -0.1) is 0 Å². The summed E-state index contributed by atoms with van der Waals surface area (Å²) in [5.74, 6) is 0. The lowest BCUT2D eigenvalue weighted by molar-refractivity contribution is 1.40. The highest BCUT2D eigenvalue weighted by atomic mass is 79.9. The lowest BCUT2D eigenvalue weighted by Crippen LogP contribution is -1.97. The summed E-state index contributed by atoms with van der Waals surface area (Å²) < 4.78 is 1.03. The van der Waals surface area contributed by atoms with Crippen LogP contribution in [0.3, 0.4) is 0 Å². The molecule has 0 amide bonds. The van der Waals surface area contributed by atoms with Crippen LogP contribution >= 0.6 is 15.9 Å². The topological polar surface area (TPSA) is 61.8 Å². The highest BCUT2D eigenvalue weighted by molar-refractivity contribution is 9.10. The predicted molar refractivity (Wildman–Crippen MR) is 77.7 cm³/mol. The van der Waals surface area contributed by atoms with Gasteiger partial charge in [0.2, 0.25) is 0 Å². The number of nitrogens with two attached hydrogens (primary N) is 1. The van der Waals surface area contributed by atoms with Crippen molar-refractivity contribution in [3.05, 3.63) is 52.0 Å². The molecule has 0 radical (unpaired) electrons. The summed E-state index contributed by atoms with van der Waals surface area (Å²) in [6.07, 6.45) is 0. The number of halogens is 1. The maximum absolute atomic E-state index is 9.08. The first-order valence-electron chi connectivity index (χ1n) is 5.43. The van der Waals surface area contributed by atoms with Crippen LogP contribution in [-0.4, -0.2) is 0 Å². The summed E-state index contributed by atoms with van der Waals surface area (Å²) in [5, 5.41) is 12.3. The smallest absolute Gasteiger partial charge is 0.101 e. The molecular formula is C14H12BrN3. The second-order valence-electron chi connectivity index (χ2n) is 4.00. The average molecular weight is 302 g/mol. The Balaban J connectivity index is 2.37. The van der Waals surface area contributed by atoms with Crippen LogP contribution in [0.5, 0.6) is 0 Å². The van der Waals surface area contributed by atoms with E-state index in [-0.39, 0.29) is 0 Å². The molecule has 0 aliphatic rings. The minimum atomic E-state index is 0.539. The highest BCUT2D eigenvalue weighted by Crippen LogP contribution is 2.26. The molecule has 0 aromatic heterocycles. The molecule has 0 saturated carbocycles. The maximum atomic E-state index is 9.08. The number of hydrogen-bond donors (Lipinski definition) is 2. The van der Waals surface area contributed by atoms with Crippen LogP contribution < -0.4 is 11.1 Å². The molecule has 3 N–H and O–H groups in total. The number of nitriles is 1. The van der Waals surface area contributed by atoms with Crippen LogP contribution in [0.4, 0.5) is 17.1 Å². The van der Waals surface area contributed by atoms with E-state index in [1.54, 1.807) is 12.1 Å². The molecule has 0 bridgehead atoms. The van der Waals surface area contributed by atoms with Crippen molar-refractivity contribution in [3.63, 3.8) is 0 Å². The number of nitrogens with one attached hydrogen (secondary N) is 1. The molecule has 2 rings (SSSR count). The van der Waals surface area contributed by atoms with Gasteiger partial charge >= 0.3 is 0 Å². The van der Waals surface area contributed by atoms with Gasteiger partial charge in [-0.1, -0.05) is 15.9 Å². The molecule has 90 valence electrons. The molecule has 18 heavy (non-hydrogen) atoms. The van der Waals surface area contributed by atoms with E-state index in [1.807, 2.05) is 31.2 Å². The van der Waals surface area contributed by atoms with E-state index >= 15 is 0 Å². The van der Waals surface area contributed by atoms with Gasteiger partial charge < -0.3 is 11.1 Å². The van der Waals surface area contributed by atoms with E-state index in [0.717, 1.165) is 21.4 Å². The Morgan fingerprint density at radius 2 is 1.89 bits per heavy atom. The Labute approximate surface area is 114 Å². The predicted octanol–water partition coefficient (Wildman–Crippen LogP) is 3.96. The third kappa shape index (κ3) is 2.63.